The van der Waals surface area contributed by atoms with Crippen molar-refractivity contribution in [2.75, 3.05) is 18.6 Å². The molecule has 0 aliphatic carbocycles. The molecule has 0 radical (unpaired) electrons. The number of nitrogens with zero attached hydrogens (tertiary/aromatic N) is 1. The predicted octanol–water partition coefficient (Wildman–Crippen LogP) is 3.89. The molecule has 0 fully saturated rings. The summed E-state index contributed by atoms with van der Waals surface area (Å²) in [5.41, 5.74) is 2.15. The number of methoxy groups -OCH3 is 1. The molecular formula is C17H19NO2. The van der Waals surface area contributed by atoms with Crippen LogP contribution in [0.5, 0.6) is 0 Å². The predicted molar refractivity (Wildman–Crippen MR) is 81.0 cm³/mol. The van der Waals surface area contributed by atoms with E-state index in [2.05, 4.69) is 12.1 Å². The van der Waals surface area contributed by atoms with Gasteiger partial charge in [0.25, 0.3) is 0 Å². The van der Waals surface area contributed by atoms with Crippen LogP contribution in [-0.2, 0) is 11.2 Å². The number of carbonyl (C=O) groups is 1. The van der Waals surface area contributed by atoms with Crippen molar-refractivity contribution in [3.8, 4) is 0 Å². The zero-order chi connectivity index (χ0) is 14.2. The molecular weight excluding hydrogens is 250 g/mol. The van der Waals surface area contributed by atoms with Gasteiger partial charge in [-0.1, -0.05) is 48.5 Å². The number of ether oxygens (including phenoxy) is 1. The number of anilines is 1. The molecule has 0 spiro atoms. The second-order valence-corrected chi connectivity index (χ2v) is 4.55. The van der Waals surface area contributed by atoms with Gasteiger partial charge in [0, 0.05) is 12.2 Å². The maximum Gasteiger partial charge on any atom is 0.413 e. The van der Waals surface area contributed by atoms with Gasteiger partial charge in [0.15, 0.2) is 0 Å². The van der Waals surface area contributed by atoms with Crippen molar-refractivity contribution >= 4 is 11.8 Å². The normalized spacial score (nSPS) is 10.1. The van der Waals surface area contributed by atoms with Gasteiger partial charge in [-0.3, -0.25) is 4.90 Å². The third kappa shape index (κ3) is 3.85. The Hall–Kier alpha value is -2.29. The van der Waals surface area contributed by atoms with Crippen LogP contribution in [0.3, 0.4) is 0 Å². The van der Waals surface area contributed by atoms with Crippen molar-refractivity contribution in [3.63, 3.8) is 0 Å². The van der Waals surface area contributed by atoms with Crippen LogP contribution in [0, 0.1) is 0 Å². The van der Waals surface area contributed by atoms with Crippen molar-refractivity contribution in [2.45, 2.75) is 12.8 Å². The number of hydrogen-bond acceptors (Lipinski definition) is 2. The summed E-state index contributed by atoms with van der Waals surface area (Å²) in [5, 5.41) is 0. The van der Waals surface area contributed by atoms with E-state index in [4.69, 9.17) is 4.74 Å². The van der Waals surface area contributed by atoms with Gasteiger partial charge < -0.3 is 4.74 Å². The Balaban J connectivity index is 1.97. The van der Waals surface area contributed by atoms with E-state index in [9.17, 15) is 4.79 Å². The largest absolute Gasteiger partial charge is 0.452 e. The Bertz CT molecular complexity index is 525. The van der Waals surface area contributed by atoms with Crippen molar-refractivity contribution in [1.82, 2.24) is 0 Å². The Morgan fingerprint density at radius 1 is 1.00 bits per heavy atom. The van der Waals surface area contributed by atoms with Crippen LogP contribution in [0.4, 0.5) is 10.5 Å². The molecule has 0 saturated heterocycles. The Morgan fingerprint density at radius 2 is 1.60 bits per heavy atom. The van der Waals surface area contributed by atoms with Crippen LogP contribution in [0.1, 0.15) is 12.0 Å². The number of aryl methyl sites for hydroxylation is 1. The smallest absolute Gasteiger partial charge is 0.413 e. The molecule has 0 bridgehead atoms. The maximum absolute atomic E-state index is 11.9. The quantitative estimate of drug-likeness (QED) is 0.824. The Morgan fingerprint density at radius 3 is 2.20 bits per heavy atom. The standard InChI is InChI=1S/C17H19NO2/c1-20-17(19)18(16-12-6-3-7-13-16)14-8-11-15-9-4-2-5-10-15/h2-7,9-10,12-13H,8,11,14H2,1H3. The molecule has 3 nitrogen and oxygen atoms in total. The number of hydrogen-bond donors (Lipinski definition) is 0. The molecule has 0 N–H and O–H groups in total. The molecule has 3 heteroatoms. The van der Waals surface area contributed by atoms with E-state index in [1.165, 1.54) is 12.7 Å². The zero-order valence-corrected chi connectivity index (χ0v) is 11.7. The fourth-order valence-electron chi connectivity index (χ4n) is 2.13. The van der Waals surface area contributed by atoms with E-state index in [0.717, 1.165) is 18.5 Å². The van der Waals surface area contributed by atoms with Gasteiger partial charge in [-0.2, -0.15) is 0 Å². The van der Waals surface area contributed by atoms with Crippen molar-refractivity contribution < 1.29 is 9.53 Å². The lowest BCUT2D eigenvalue weighted by atomic mass is 10.1. The lowest BCUT2D eigenvalue weighted by molar-refractivity contribution is 0.178. The molecule has 0 heterocycles. The van der Waals surface area contributed by atoms with E-state index >= 15 is 0 Å². The Labute approximate surface area is 119 Å². The highest BCUT2D eigenvalue weighted by molar-refractivity contribution is 5.87. The highest BCUT2D eigenvalue weighted by atomic mass is 16.5. The van der Waals surface area contributed by atoms with E-state index in [0.29, 0.717) is 6.54 Å². The number of carbonyl (C=O) groups excluding carboxylic acids is 1. The van der Waals surface area contributed by atoms with Crippen molar-refractivity contribution in [1.29, 1.82) is 0 Å². The topological polar surface area (TPSA) is 29.5 Å². The molecule has 0 aliphatic rings. The average Bonchev–Trinajstić information content (AvgIpc) is 2.53. The summed E-state index contributed by atoms with van der Waals surface area (Å²) in [7, 11) is 1.41. The minimum absolute atomic E-state index is 0.315. The van der Waals surface area contributed by atoms with Crippen molar-refractivity contribution in [2.24, 2.45) is 0 Å². The van der Waals surface area contributed by atoms with Crippen LogP contribution < -0.4 is 4.90 Å². The lowest BCUT2D eigenvalue weighted by Crippen LogP contribution is -2.31. The number of benzene rings is 2. The second kappa shape index (κ2) is 7.34. The molecule has 0 atom stereocenters. The van der Waals surface area contributed by atoms with Gasteiger partial charge in [-0.25, -0.2) is 4.79 Å². The summed E-state index contributed by atoms with van der Waals surface area (Å²) in [4.78, 5) is 13.5. The molecule has 104 valence electrons. The molecule has 0 saturated carbocycles. The first-order valence-electron chi connectivity index (χ1n) is 6.75. The summed E-state index contributed by atoms with van der Waals surface area (Å²) >= 11 is 0. The van der Waals surface area contributed by atoms with Gasteiger partial charge in [0.2, 0.25) is 0 Å². The third-order valence-electron chi connectivity index (χ3n) is 3.15. The molecule has 20 heavy (non-hydrogen) atoms. The van der Waals surface area contributed by atoms with Crippen LogP contribution >= 0.6 is 0 Å². The highest BCUT2D eigenvalue weighted by Gasteiger charge is 2.15. The van der Waals surface area contributed by atoms with Gasteiger partial charge in [-0.05, 0) is 30.5 Å². The minimum Gasteiger partial charge on any atom is -0.452 e. The van der Waals surface area contributed by atoms with Crippen LogP contribution in [0.2, 0.25) is 0 Å². The molecule has 2 rings (SSSR count). The van der Waals surface area contributed by atoms with Gasteiger partial charge in [0.1, 0.15) is 0 Å². The van der Waals surface area contributed by atoms with E-state index in [-0.39, 0.29) is 6.09 Å². The van der Waals surface area contributed by atoms with Crippen molar-refractivity contribution in [3.05, 3.63) is 66.2 Å². The van der Waals surface area contributed by atoms with E-state index in [1.54, 1.807) is 4.90 Å². The van der Waals surface area contributed by atoms with Crippen LogP contribution in [-0.4, -0.2) is 19.7 Å². The Kier molecular flexibility index (Phi) is 5.18. The second-order valence-electron chi connectivity index (χ2n) is 4.55. The molecule has 0 unspecified atom stereocenters. The zero-order valence-electron chi connectivity index (χ0n) is 11.7. The summed E-state index contributed by atoms with van der Waals surface area (Å²) < 4.78 is 4.86. The molecule has 1 amide bonds. The third-order valence-corrected chi connectivity index (χ3v) is 3.15. The molecule has 0 aliphatic heterocycles. The first-order valence-corrected chi connectivity index (χ1v) is 6.75. The average molecular weight is 269 g/mol. The summed E-state index contributed by atoms with van der Waals surface area (Å²) in [6, 6.07) is 19.9. The fraction of sp³-hybridized carbons (Fsp3) is 0.235. The number of para-hydroxylation sites is 1. The SMILES string of the molecule is COC(=O)N(CCCc1ccccc1)c1ccccc1. The highest BCUT2D eigenvalue weighted by Crippen LogP contribution is 2.15. The molecule has 2 aromatic rings. The fourth-order valence-corrected chi connectivity index (χ4v) is 2.13. The summed E-state index contributed by atoms with van der Waals surface area (Å²) in [6.45, 7) is 0.644. The summed E-state index contributed by atoms with van der Waals surface area (Å²) in [6.07, 6.45) is 1.53. The monoisotopic (exact) mass is 269 g/mol. The van der Waals surface area contributed by atoms with E-state index < -0.39 is 0 Å². The molecule has 2 aromatic carbocycles. The lowest BCUT2D eigenvalue weighted by Gasteiger charge is -2.21. The van der Waals surface area contributed by atoms with E-state index in [1.807, 2.05) is 48.5 Å². The first kappa shape index (κ1) is 14.1. The first-order chi connectivity index (χ1) is 9.81. The maximum atomic E-state index is 11.9. The minimum atomic E-state index is -0.315. The molecule has 0 aromatic heterocycles. The van der Waals surface area contributed by atoms with Crippen LogP contribution in [0.25, 0.3) is 0 Å². The number of rotatable bonds is 5. The summed E-state index contributed by atoms with van der Waals surface area (Å²) in [5.74, 6) is 0. The van der Waals surface area contributed by atoms with Gasteiger partial charge >= 0.3 is 6.09 Å². The van der Waals surface area contributed by atoms with Gasteiger partial charge in [0.05, 0.1) is 7.11 Å². The van der Waals surface area contributed by atoms with Gasteiger partial charge in [-0.15, -0.1) is 0 Å². The number of amides is 1. The van der Waals surface area contributed by atoms with Crippen LogP contribution in [0.15, 0.2) is 60.7 Å².